The molecule has 33 heavy (non-hydrogen) atoms. The highest BCUT2D eigenvalue weighted by molar-refractivity contribution is 5.90. The van der Waals surface area contributed by atoms with Crippen molar-refractivity contribution in [1.29, 1.82) is 5.26 Å². The molecule has 5 rings (SSSR count). The second kappa shape index (κ2) is 8.49. The van der Waals surface area contributed by atoms with Crippen LogP contribution in [0.2, 0.25) is 0 Å². The Morgan fingerprint density at radius 3 is 2.85 bits per heavy atom. The summed E-state index contributed by atoms with van der Waals surface area (Å²) in [6.07, 6.45) is 5.57. The van der Waals surface area contributed by atoms with Crippen LogP contribution < -0.4 is 10.6 Å². The summed E-state index contributed by atoms with van der Waals surface area (Å²) in [6, 6.07) is 16.3. The highest BCUT2D eigenvalue weighted by atomic mass is 19.1. The monoisotopic (exact) mass is 438 g/mol. The molecular weight excluding hydrogens is 415 g/mol. The third kappa shape index (κ3) is 3.75. The molecule has 0 aliphatic carbocycles. The minimum absolute atomic E-state index is 0.00353. The highest BCUT2D eigenvalue weighted by Gasteiger charge is 2.24. The lowest BCUT2D eigenvalue weighted by Crippen LogP contribution is -2.42. The number of anilines is 1. The van der Waals surface area contributed by atoms with Gasteiger partial charge in [0.1, 0.15) is 23.2 Å². The fourth-order valence-electron chi connectivity index (χ4n) is 4.42. The first kappa shape index (κ1) is 20.9. The molecule has 0 amide bonds. The fraction of sp³-hybridized carbons (Fsp3) is 0.192. The molecule has 0 spiro atoms. The van der Waals surface area contributed by atoms with Gasteiger partial charge in [-0.15, -0.1) is 0 Å². The van der Waals surface area contributed by atoms with Gasteiger partial charge in [0.25, 0.3) is 0 Å². The van der Waals surface area contributed by atoms with E-state index in [0.717, 1.165) is 48.4 Å². The van der Waals surface area contributed by atoms with E-state index in [1.165, 1.54) is 12.1 Å². The first-order valence-corrected chi connectivity index (χ1v) is 10.9. The number of imidazole rings is 1. The fourth-order valence-corrected chi connectivity index (χ4v) is 4.42. The Morgan fingerprint density at radius 2 is 2.09 bits per heavy atom. The van der Waals surface area contributed by atoms with E-state index < -0.39 is 5.82 Å². The van der Waals surface area contributed by atoms with Crippen LogP contribution in [0.15, 0.2) is 61.3 Å². The molecule has 6 nitrogen and oxygen atoms in total. The molecule has 1 unspecified atom stereocenters. The normalized spacial score (nSPS) is 16.0. The molecule has 164 valence electrons. The van der Waals surface area contributed by atoms with Crippen LogP contribution in [0, 0.1) is 17.1 Å². The van der Waals surface area contributed by atoms with Gasteiger partial charge in [-0.3, -0.25) is 4.57 Å². The van der Waals surface area contributed by atoms with E-state index in [1.54, 1.807) is 18.3 Å². The van der Waals surface area contributed by atoms with Crippen LogP contribution in [0.5, 0.6) is 0 Å². The molecule has 0 radical (unpaired) electrons. The van der Waals surface area contributed by atoms with E-state index in [1.807, 2.05) is 41.0 Å². The van der Waals surface area contributed by atoms with Gasteiger partial charge >= 0.3 is 0 Å². The molecule has 1 saturated heterocycles. The largest absolute Gasteiger partial charge is 0.368 e. The van der Waals surface area contributed by atoms with Crippen molar-refractivity contribution in [3.05, 3.63) is 78.3 Å². The zero-order chi connectivity index (χ0) is 22.9. The van der Waals surface area contributed by atoms with Crippen LogP contribution in [0.25, 0.3) is 34.3 Å². The number of nitrogens with zero attached hydrogens (tertiary/aromatic N) is 5. The van der Waals surface area contributed by atoms with Crippen molar-refractivity contribution in [2.75, 3.05) is 18.0 Å². The Hall–Kier alpha value is -4.02. The molecule has 7 heteroatoms. The lowest BCUT2D eigenvalue weighted by molar-refractivity contribution is 0.507. The number of benzene rings is 2. The van der Waals surface area contributed by atoms with Gasteiger partial charge in [0, 0.05) is 36.6 Å². The SMILES string of the molecule is C=Cc1cccc(-n2c(-c3ccc(C#N)c(F)c3)nc3c(N4CCCC(N)C4)ccnc32)c1. The first-order chi connectivity index (χ1) is 16.1. The summed E-state index contributed by atoms with van der Waals surface area (Å²) < 4.78 is 16.5. The number of piperidine rings is 1. The molecule has 1 aliphatic rings. The number of hydrogen-bond donors (Lipinski definition) is 1. The van der Waals surface area contributed by atoms with Crippen molar-refractivity contribution in [1.82, 2.24) is 14.5 Å². The maximum atomic E-state index is 14.5. The van der Waals surface area contributed by atoms with E-state index in [4.69, 9.17) is 16.0 Å². The second-order valence-electron chi connectivity index (χ2n) is 8.23. The third-order valence-corrected chi connectivity index (χ3v) is 6.04. The summed E-state index contributed by atoms with van der Waals surface area (Å²) in [5, 5.41) is 9.14. The molecule has 1 atom stereocenters. The average molecular weight is 439 g/mol. The maximum absolute atomic E-state index is 14.5. The Bertz CT molecular complexity index is 1400. The lowest BCUT2D eigenvalue weighted by atomic mass is 10.1. The van der Waals surface area contributed by atoms with Gasteiger partial charge in [0.15, 0.2) is 5.65 Å². The van der Waals surface area contributed by atoms with E-state index >= 15 is 0 Å². The van der Waals surface area contributed by atoms with Gasteiger partial charge in [-0.1, -0.05) is 24.8 Å². The molecule has 1 aliphatic heterocycles. The number of rotatable bonds is 4. The van der Waals surface area contributed by atoms with Gasteiger partial charge in [-0.25, -0.2) is 14.4 Å². The van der Waals surface area contributed by atoms with Gasteiger partial charge in [0.05, 0.1) is 11.3 Å². The zero-order valence-electron chi connectivity index (χ0n) is 18.1. The van der Waals surface area contributed by atoms with Crippen LogP contribution in [-0.4, -0.2) is 33.7 Å². The van der Waals surface area contributed by atoms with Crippen molar-refractivity contribution >= 4 is 22.9 Å². The van der Waals surface area contributed by atoms with Gasteiger partial charge < -0.3 is 10.6 Å². The molecule has 0 bridgehead atoms. The van der Waals surface area contributed by atoms with Crippen LogP contribution in [0.1, 0.15) is 24.0 Å². The third-order valence-electron chi connectivity index (χ3n) is 6.04. The van der Waals surface area contributed by atoms with Gasteiger partial charge in [-0.05, 0) is 54.8 Å². The smallest absolute Gasteiger partial charge is 0.167 e. The number of nitrogens with two attached hydrogens (primary N) is 1. The minimum Gasteiger partial charge on any atom is -0.368 e. The Balaban J connectivity index is 1.77. The number of nitriles is 1. The molecule has 2 aromatic carbocycles. The van der Waals surface area contributed by atoms with Crippen LogP contribution in [0.3, 0.4) is 0 Å². The first-order valence-electron chi connectivity index (χ1n) is 10.9. The molecule has 2 N–H and O–H groups in total. The summed E-state index contributed by atoms with van der Waals surface area (Å²) >= 11 is 0. The molecular formula is C26H23FN6. The summed E-state index contributed by atoms with van der Waals surface area (Å²) in [6.45, 7) is 5.51. The van der Waals surface area contributed by atoms with Crippen LogP contribution in [0.4, 0.5) is 10.1 Å². The molecule has 2 aromatic heterocycles. The highest BCUT2D eigenvalue weighted by Crippen LogP contribution is 2.34. The number of fused-ring (bicyclic) bond motifs is 1. The van der Waals surface area contributed by atoms with Crippen LogP contribution in [-0.2, 0) is 0 Å². The molecule has 3 heterocycles. The van der Waals surface area contributed by atoms with Crippen molar-refractivity contribution in [2.24, 2.45) is 5.73 Å². The maximum Gasteiger partial charge on any atom is 0.167 e. The van der Waals surface area contributed by atoms with Crippen molar-refractivity contribution in [3.63, 3.8) is 0 Å². The quantitative estimate of drug-likeness (QED) is 0.501. The van der Waals surface area contributed by atoms with E-state index in [-0.39, 0.29) is 11.6 Å². The Morgan fingerprint density at radius 1 is 1.21 bits per heavy atom. The standard InChI is InChI=1S/C26H23FN6/c1-2-17-5-3-7-21(13-17)33-25(18-8-9-19(15-28)22(27)14-18)31-24-23(10-11-30-26(24)33)32-12-4-6-20(29)16-32/h2-3,5,7-11,13-14,20H,1,4,6,12,16,29H2. The molecule has 1 fully saturated rings. The summed E-state index contributed by atoms with van der Waals surface area (Å²) in [5.41, 5.74) is 11.0. The van der Waals surface area contributed by atoms with Crippen LogP contribution >= 0.6 is 0 Å². The zero-order valence-corrected chi connectivity index (χ0v) is 18.1. The molecule has 0 saturated carbocycles. The summed E-state index contributed by atoms with van der Waals surface area (Å²) in [7, 11) is 0. The number of halogens is 1. The Kier molecular flexibility index (Phi) is 5.37. The predicted molar refractivity (Wildman–Crippen MR) is 128 cm³/mol. The number of hydrogen-bond acceptors (Lipinski definition) is 5. The van der Waals surface area contributed by atoms with E-state index in [9.17, 15) is 4.39 Å². The average Bonchev–Trinajstić information content (AvgIpc) is 3.24. The van der Waals surface area contributed by atoms with Crippen molar-refractivity contribution in [2.45, 2.75) is 18.9 Å². The number of aromatic nitrogens is 3. The minimum atomic E-state index is -0.580. The second-order valence-corrected chi connectivity index (χ2v) is 8.23. The van der Waals surface area contributed by atoms with E-state index in [2.05, 4.69) is 16.5 Å². The van der Waals surface area contributed by atoms with Crippen molar-refractivity contribution < 1.29 is 4.39 Å². The van der Waals surface area contributed by atoms with Gasteiger partial charge in [-0.2, -0.15) is 5.26 Å². The van der Waals surface area contributed by atoms with Crippen molar-refractivity contribution in [3.8, 4) is 23.1 Å². The molecule has 4 aromatic rings. The number of pyridine rings is 1. The topological polar surface area (TPSA) is 83.8 Å². The summed E-state index contributed by atoms with van der Waals surface area (Å²) in [5.74, 6) is -0.0282. The van der Waals surface area contributed by atoms with Gasteiger partial charge in [0.2, 0.25) is 0 Å². The Labute approximate surface area is 191 Å². The van der Waals surface area contributed by atoms with E-state index in [0.29, 0.717) is 17.0 Å². The lowest BCUT2D eigenvalue weighted by Gasteiger charge is -2.32. The summed E-state index contributed by atoms with van der Waals surface area (Å²) in [4.78, 5) is 11.9. The predicted octanol–water partition coefficient (Wildman–Crippen LogP) is 4.67.